The molecule has 7 heteroatoms. The molecule has 0 radical (unpaired) electrons. The fourth-order valence-corrected chi connectivity index (χ4v) is 1.81. The zero-order valence-corrected chi connectivity index (χ0v) is 12.9. The van der Waals surface area contributed by atoms with Crippen molar-refractivity contribution in [3.8, 4) is 0 Å². The highest BCUT2D eigenvalue weighted by molar-refractivity contribution is 5.79. The lowest BCUT2D eigenvalue weighted by atomic mass is 10.1. The van der Waals surface area contributed by atoms with E-state index in [9.17, 15) is 9.18 Å². The zero-order valence-electron chi connectivity index (χ0n) is 12.9. The van der Waals surface area contributed by atoms with Crippen LogP contribution in [0.4, 0.5) is 4.39 Å². The molecule has 1 rings (SSSR count). The summed E-state index contributed by atoms with van der Waals surface area (Å²) in [6.45, 7) is 3.23. The Hall–Kier alpha value is -2.15. The molecule has 1 unspecified atom stereocenters. The quantitative estimate of drug-likeness (QED) is 0.369. The van der Waals surface area contributed by atoms with E-state index in [1.54, 1.807) is 19.2 Å². The van der Waals surface area contributed by atoms with Gasteiger partial charge < -0.3 is 21.1 Å². The van der Waals surface area contributed by atoms with Crippen LogP contribution in [0.15, 0.2) is 29.3 Å². The first-order valence-corrected chi connectivity index (χ1v) is 7.07. The predicted octanol–water partition coefficient (Wildman–Crippen LogP) is 0.424. The summed E-state index contributed by atoms with van der Waals surface area (Å²) < 4.78 is 17.7. The molecular formula is C15H23FN4O2. The maximum atomic E-state index is 12.7. The molecule has 1 atom stereocenters. The third kappa shape index (κ3) is 7.58. The van der Waals surface area contributed by atoms with Gasteiger partial charge in [0.2, 0.25) is 5.91 Å². The van der Waals surface area contributed by atoms with Crippen molar-refractivity contribution in [3.63, 3.8) is 0 Å². The number of hydrogen-bond donors (Lipinski definition) is 3. The average molecular weight is 310 g/mol. The van der Waals surface area contributed by atoms with Gasteiger partial charge in [0.1, 0.15) is 5.82 Å². The second kappa shape index (κ2) is 9.73. The highest BCUT2D eigenvalue weighted by Gasteiger charge is 2.03. The molecule has 0 fully saturated rings. The Balaban J connectivity index is 2.23. The van der Waals surface area contributed by atoms with Crippen molar-refractivity contribution >= 4 is 11.9 Å². The van der Waals surface area contributed by atoms with Gasteiger partial charge in [-0.05, 0) is 24.6 Å². The van der Waals surface area contributed by atoms with Crippen LogP contribution in [0.2, 0.25) is 0 Å². The van der Waals surface area contributed by atoms with Crippen LogP contribution >= 0.6 is 0 Å². The van der Waals surface area contributed by atoms with E-state index >= 15 is 0 Å². The Kier molecular flexibility index (Phi) is 7.91. The van der Waals surface area contributed by atoms with Crippen LogP contribution in [-0.2, 0) is 16.0 Å². The number of carbonyl (C=O) groups excluding carboxylic acids is 1. The lowest BCUT2D eigenvalue weighted by Crippen LogP contribution is -2.41. The molecule has 0 bridgehead atoms. The van der Waals surface area contributed by atoms with E-state index in [0.29, 0.717) is 25.7 Å². The van der Waals surface area contributed by atoms with Gasteiger partial charge in [-0.15, -0.1) is 0 Å². The number of halogens is 1. The van der Waals surface area contributed by atoms with Crippen molar-refractivity contribution < 1.29 is 13.9 Å². The van der Waals surface area contributed by atoms with Crippen LogP contribution in [0.1, 0.15) is 12.5 Å². The Morgan fingerprint density at radius 2 is 2.09 bits per heavy atom. The maximum absolute atomic E-state index is 12.7. The SMILES string of the molecule is COCC(C)NC(N)=NCCNC(=O)Cc1ccc(F)cc1. The van der Waals surface area contributed by atoms with Gasteiger partial charge in [-0.3, -0.25) is 9.79 Å². The largest absolute Gasteiger partial charge is 0.383 e. The lowest BCUT2D eigenvalue weighted by molar-refractivity contribution is -0.120. The van der Waals surface area contributed by atoms with Gasteiger partial charge in [0.05, 0.1) is 19.6 Å². The van der Waals surface area contributed by atoms with E-state index in [0.717, 1.165) is 5.56 Å². The second-order valence-electron chi connectivity index (χ2n) is 4.92. The molecule has 0 aliphatic heterocycles. The number of amides is 1. The van der Waals surface area contributed by atoms with Crippen LogP contribution in [-0.4, -0.2) is 44.7 Å². The Bertz CT molecular complexity index is 491. The van der Waals surface area contributed by atoms with E-state index in [1.165, 1.54) is 12.1 Å². The summed E-state index contributed by atoms with van der Waals surface area (Å²) in [5.41, 5.74) is 6.46. The molecule has 22 heavy (non-hydrogen) atoms. The van der Waals surface area contributed by atoms with Gasteiger partial charge in [0.15, 0.2) is 5.96 Å². The van der Waals surface area contributed by atoms with Gasteiger partial charge in [-0.25, -0.2) is 4.39 Å². The highest BCUT2D eigenvalue weighted by Crippen LogP contribution is 2.03. The number of nitrogens with one attached hydrogen (secondary N) is 2. The predicted molar refractivity (Wildman–Crippen MR) is 84.1 cm³/mol. The molecule has 6 nitrogen and oxygen atoms in total. The number of nitrogens with two attached hydrogens (primary N) is 1. The molecule has 1 amide bonds. The molecule has 0 aromatic heterocycles. The van der Waals surface area contributed by atoms with Crippen LogP contribution in [0.3, 0.4) is 0 Å². The first kappa shape index (κ1) is 17.9. The first-order valence-electron chi connectivity index (χ1n) is 7.07. The zero-order chi connectivity index (χ0) is 16.4. The summed E-state index contributed by atoms with van der Waals surface area (Å²) in [5.74, 6) is -0.136. The molecule has 0 heterocycles. The fourth-order valence-electron chi connectivity index (χ4n) is 1.81. The number of rotatable bonds is 8. The number of nitrogens with zero attached hydrogens (tertiary/aromatic N) is 1. The smallest absolute Gasteiger partial charge is 0.224 e. The average Bonchev–Trinajstić information content (AvgIpc) is 2.46. The number of guanidine groups is 1. The number of methoxy groups -OCH3 is 1. The van der Waals surface area contributed by atoms with Crippen molar-refractivity contribution in [2.24, 2.45) is 10.7 Å². The minimum atomic E-state index is -0.316. The van der Waals surface area contributed by atoms with Crippen molar-refractivity contribution in [2.75, 3.05) is 26.8 Å². The van der Waals surface area contributed by atoms with Crippen molar-refractivity contribution in [1.29, 1.82) is 0 Å². The van der Waals surface area contributed by atoms with Gasteiger partial charge in [-0.2, -0.15) is 0 Å². The molecule has 1 aromatic rings. The number of carbonyl (C=O) groups is 1. The van der Waals surface area contributed by atoms with E-state index in [1.807, 2.05) is 6.92 Å². The molecule has 0 aliphatic carbocycles. The fraction of sp³-hybridized carbons (Fsp3) is 0.467. The van der Waals surface area contributed by atoms with Crippen molar-refractivity contribution in [3.05, 3.63) is 35.6 Å². The van der Waals surface area contributed by atoms with E-state index < -0.39 is 0 Å². The Morgan fingerprint density at radius 3 is 2.73 bits per heavy atom. The number of ether oxygens (including phenoxy) is 1. The lowest BCUT2D eigenvalue weighted by Gasteiger charge is -2.13. The van der Waals surface area contributed by atoms with E-state index in [-0.39, 0.29) is 24.2 Å². The molecule has 0 aliphatic rings. The summed E-state index contributed by atoms with van der Waals surface area (Å²) in [6.07, 6.45) is 0.211. The molecule has 0 saturated carbocycles. The van der Waals surface area contributed by atoms with Crippen LogP contribution in [0, 0.1) is 5.82 Å². The molecule has 122 valence electrons. The van der Waals surface area contributed by atoms with Gasteiger partial charge in [0, 0.05) is 19.7 Å². The third-order valence-electron chi connectivity index (χ3n) is 2.81. The number of benzene rings is 1. The van der Waals surface area contributed by atoms with Gasteiger partial charge in [-0.1, -0.05) is 12.1 Å². The van der Waals surface area contributed by atoms with Crippen LogP contribution in [0.25, 0.3) is 0 Å². The minimum absolute atomic E-state index is 0.0711. The standard InChI is InChI=1S/C15H23FN4O2/c1-11(10-22-2)20-15(17)19-8-7-18-14(21)9-12-3-5-13(16)6-4-12/h3-6,11H,7-10H2,1-2H3,(H,18,21)(H3,17,19,20). The molecular weight excluding hydrogens is 287 g/mol. The number of hydrogen-bond acceptors (Lipinski definition) is 3. The molecule has 0 spiro atoms. The van der Waals surface area contributed by atoms with Crippen molar-refractivity contribution in [2.45, 2.75) is 19.4 Å². The normalized spacial score (nSPS) is 12.8. The molecule has 1 aromatic carbocycles. The van der Waals surface area contributed by atoms with Gasteiger partial charge in [0.25, 0.3) is 0 Å². The van der Waals surface area contributed by atoms with Crippen molar-refractivity contribution in [1.82, 2.24) is 10.6 Å². The molecule has 0 saturated heterocycles. The van der Waals surface area contributed by atoms with Gasteiger partial charge >= 0.3 is 0 Å². The summed E-state index contributed by atoms with van der Waals surface area (Å²) in [4.78, 5) is 15.8. The monoisotopic (exact) mass is 310 g/mol. The summed E-state index contributed by atoms with van der Waals surface area (Å²) in [5, 5.41) is 5.70. The second-order valence-corrected chi connectivity index (χ2v) is 4.92. The topological polar surface area (TPSA) is 88.7 Å². The molecule has 4 N–H and O–H groups in total. The Morgan fingerprint density at radius 1 is 1.41 bits per heavy atom. The highest BCUT2D eigenvalue weighted by atomic mass is 19.1. The minimum Gasteiger partial charge on any atom is -0.383 e. The van der Waals surface area contributed by atoms with Crippen LogP contribution < -0.4 is 16.4 Å². The van der Waals surface area contributed by atoms with E-state index in [2.05, 4.69) is 15.6 Å². The number of aliphatic imine (C=N–C) groups is 1. The Labute approximate surface area is 129 Å². The van der Waals surface area contributed by atoms with E-state index in [4.69, 9.17) is 10.5 Å². The summed E-state index contributed by atoms with van der Waals surface area (Å²) in [7, 11) is 1.61. The summed E-state index contributed by atoms with van der Waals surface area (Å²) in [6, 6.07) is 5.92. The maximum Gasteiger partial charge on any atom is 0.224 e. The summed E-state index contributed by atoms with van der Waals surface area (Å²) >= 11 is 0. The first-order chi connectivity index (χ1) is 10.5. The van der Waals surface area contributed by atoms with Crippen LogP contribution in [0.5, 0.6) is 0 Å². The third-order valence-corrected chi connectivity index (χ3v) is 2.81.